The lowest BCUT2D eigenvalue weighted by Gasteiger charge is -2.16. The summed E-state index contributed by atoms with van der Waals surface area (Å²) in [5.41, 5.74) is 2.59. The Morgan fingerprint density at radius 3 is 2.25 bits per heavy atom. The molecular formula is C24H17Cl2N3O3. The lowest BCUT2D eigenvalue weighted by atomic mass is 10.1. The third-order valence-electron chi connectivity index (χ3n) is 4.90. The van der Waals surface area contributed by atoms with E-state index in [1.807, 2.05) is 25.1 Å². The zero-order valence-corrected chi connectivity index (χ0v) is 18.4. The van der Waals surface area contributed by atoms with E-state index in [9.17, 15) is 14.4 Å². The molecule has 3 aromatic carbocycles. The molecule has 0 aliphatic carbocycles. The standard InChI is InChI=1S/C24H17Cl2N3O3/c1-14-7-8-15(22(30)27-17-5-3-2-4-6-17)13-19(14)28-21-20(26)23(31)29(24(21)32)18-11-9-16(25)10-12-18/h2-13,28H,1H3,(H,27,30). The van der Waals surface area contributed by atoms with Gasteiger partial charge in [0.2, 0.25) is 0 Å². The average Bonchev–Trinajstić information content (AvgIpc) is 2.99. The van der Waals surface area contributed by atoms with Crippen molar-refractivity contribution in [1.29, 1.82) is 0 Å². The molecular weight excluding hydrogens is 449 g/mol. The number of benzene rings is 3. The van der Waals surface area contributed by atoms with Crippen molar-refractivity contribution in [1.82, 2.24) is 0 Å². The molecule has 0 saturated heterocycles. The van der Waals surface area contributed by atoms with Crippen molar-refractivity contribution in [2.45, 2.75) is 6.92 Å². The van der Waals surface area contributed by atoms with Crippen molar-refractivity contribution >= 4 is 58.0 Å². The van der Waals surface area contributed by atoms with Gasteiger partial charge in [-0.1, -0.05) is 47.5 Å². The minimum atomic E-state index is -0.642. The fraction of sp³-hybridized carbons (Fsp3) is 0.0417. The normalized spacial score (nSPS) is 13.5. The van der Waals surface area contributed by atoms with E-state index in [1.165, 1.54) is 0 Å². The number of nitrogens with zero attached hydrogens (tertiary/aromatic N) is 1. The zero-order chi connectivity index (χ0) is 22.8. The molecule has 3 aromatic rings. The maximum atomic E-state index is 13.0. The predicted octanol–water partition coefficient (Wildman–Crippen LogP) is 5.34. The van der Waals surface area contributed by atoms with Gasteiger partial charge in [-0.25, -0.2) is 4.90 Å². The van der Waals surface area contributed by atoms with Gasteiger partial charge in [0.05, 0.1) is 5.69 Å². The number of nitrogens with one attached hydrogen (secondary N) is 2. The Morgan fingerprint density at radius 1 is 0.875 bits per heavy atom. The van der Waals surface area contributed by atoms with Crippen LogP contribution >= 0.6 is 23.2 Å². The molecule has 0 atom stereocenters. The molecule has 0 saturated carbocycles. The second kappa shape index (κ2) is 8.86. The summed E-state index contributed by atoms with van der Waals surface area (Å²) in [5, 5.41) is 6.00. The number of imide groups is 1. The molecule has 32 heavy (non-hydrogen) atoms. The molecule has 6 nitrogen and oxygen atoms in total. The van der Waals surface area contributed by atoms with Crippen molar-refractivity contribution in [3.05, 3.63) is 99.7 Å². The topological polar surface area (TPSA) is 78.5 Å². The average molecular weight is 466 g/mol. The first-order valence-corrected chi connectivity index (χ1v) is 10.4. The summed E-state index contributed by atoms with van der Waals surface area (Å²) in [7, 11) is 0. The van der Waals surface area contributed by atoms with Gasteiger partial charge in [-0.05, 0) is 61.0 Å². The van der Waals surface area contributed by atoms with E-state index >= 15 is 0 Å². The van der Waals surface area contributed by atoms with Gasteiger partial charge in [0.15, 0.2) is 0 Å². The summed E-state index contributed by atoms with van der Waals surface area (Å²) in [6.45, 7) is 1.81. The van der Waals surface area contributed by atoms with Gasteiger partial charge in [-0.2, -0.15) is 0 Å². The highest BCUT2D eigenvalue weighted by Gasteiger charge is 2.39. The number of para-hydroxylation sites is 1. The van der Waals surface area contributed by atoms with Crippen molar-refractivity contribution in [2.75, 3.05) is 15.5 Å². The van der Waals surface area contributed by atoms with E-state index in [-0.39, 0.29) is 16.6 Å². The molecule has 8 heteroatoms. The van der Waals surface area contributed by atoms with E-state index in [2.05, 4.69) is 10.6 Å². The van der Waals surface area contributed by atoms with Crippen LogP contribution in [0.25, 0.3) is 0 Å². The van der Waals surface area contributed by atoms with Crippen LogP contribution < -0.4 is 15.5 Å². The lowest BCUT2D eigenvalue weighted by Crippen LogP contribution is -2.32. The second-order valence-corrected chi connectivity index (χ2v) is 7.90. The Hall–Kier alpha value is -3.61. The van der Waals surface area contributed by atoms with Crippen LogP contribution in [0.15, 0.2) is 83.5 Å². The van der Waals surface area contributed by atoms with Crippen LogP contribution in [-0.4, -0.2) is 17.7 Å². The first-order chi connectivity index (χ1) is 15.3. The molecule has 0 aromatic heterocycles. The molecule has 1 aliphatic heterocycles. The third-order valence-corrected chi connectivity index (χ3v) is 5.51. The minimum Gasteiger partial charge on any atom is -0.349 e. The molecule has 1 aliphatic rings. The van der Waals surface area contributed by atoms with Gasteiger partial charge in [0.1, 0.15) is 10.7 Å². The van der Waals surface area contributed by atoms with Crippen LogP contribution in [0.5, 0.6) is 0 Å². The van der Waals surface area contributed by atoms with E-state index in [0.717, 1.165) is 10.5 Å². The van der Waals surface area contributed by atoms with E-state index < -0.39 is 11.8 Å². The number of halogens is 2. The van der Waals surface area contributed by atoms with Crippen LogP contribution in [0.4, 0.5) is 17.1 Å². The quantitative estimate of drug-likeness (QED) is 0.498. The third kappa shape index (κ3) is 4.23. The molecule has 160 valence electrons. The van der Waals surface area contributed by atoms with Gasteiger partial charge in [0.25, 0.3) is 17.7 Å². The Labute approximate surface area is 194 Å². The molecule has 0 radical (unpaired) electrons. The largest absolute Gasteiger partial charge is 0.349 e. The smallest absolute Gasteiger partial charge is 0.283 e. The van der Waals surface area contributed by atoms with Gasteiger partial charge in [-0.3, -0.25) is 14.4 Å². The second-order valence-electron chi connectivity index (χ2n) is 7.09. The summed E-state index contributed by atoms with van der Waals surface area (Å²) in [5.74, 6) is -1.55. The van der Waals surface area contributed by atoms with Gasteiger partial charge >= 0.3 is 0 Å². The molecule has 1 heterocycles. The van der Waals surface area contributed by atoms with Gasteiger partial charge in [-0.15, -0.1) is 0 Å². The number of rotatable bonds is 5. The SMILES string of the molecule is Cc1ccc(C(=O)Nc2ccccc2)cc1NC1=C(Cl)C(=O)N(c2ccc(Cl)cc2)C1=O. The van der Waals surface area contributed by atoms with Crippen LogP contribution in [0.1, 0.15) is 15.9 Å². The first kappa shape index (κ1) is 21.6. The summed E-state index contributed by atoms with van der Waals surface area (Å²) in [4.78, 5) is 39.2. The zero-order valence-electron chi connectivity index (χ0n) is 16.9. The van der Waals surface area contributed by atoms with E-state index in [1.54, 1.807) is 54.6 Å². The molecule has 0 spiro atoms. The maximum absolute atomic E-state index is 13.0. The highest BCUT2D eigenvalue weighted by molar-refractivity contribution is 6.53. The Balaban J connectivity index is 1.59. The Bertz CT molecular complexity index is 1260. The van der Waals surface area contributed by atoms with Crippen molar-refractivity contribution in [2.24, 2.45) is 0 Å². The van der Waals surface area contributed by atoms with E-state index in [4.69, 9.17) is 23.2 Å². The van der Waals surface area contributed by atoms with Gasteiger partial charge in [0, 0.05) is 22.0 Å². The number of aryl methyl sites for hydroxylation is 1. The maximum Gasteiger partial charge on any atom is 0.283 e. The molecule has 2 N–H and O–H groups in total. The lowest BCUT2D eigenvalue weighted by molar-refractivity contribution is -0.120. The predicted molar refractivity (Wildman–Crippen MR) is 126 cm³/mol. The number of anilines is 3. The molecule has 0 bridgehead atoms. The first-order valence-electron chi connectivity index (χ1n) is 9.63. The van der Waals surface area contributed by atoms with E-state index in [0.29, 0.717) is 27.6 Å². The van der Waals surface area contributed by atoms with Crippen molar-refractivity contribution in [3.63, 3.8) is 0 Å². The Kier molecular flexibility index (Phi) is 5.99. The number of amides is 3. The van der Waals surface area contributed by atoms with Crippen LogP contribution in [0, 0.1) is 6.92 Å². The number of carbonyl (C=O) groups is 3. The molecule has 4 rings (SSSR count). The van der Waals surface area contributed by atoms with Crippen LogP contribution in [0.3, 0.4) is 0 Å². The monoisotopic (exact) mass is 465 g/mol. The number of hydrogen-bond acceptors (Lipinski definition) is 4. The fourth-order valence-corrected chi connectivity index (χ4v) is 3.53. The number of carbonyl (C=O) groups excluding carboxylic acids is 3. The molecule has 3 amide bonds. The summed E-state index contributed by atoms with van der Waals surface area (Å²) in [6.07, 6.45) is 0. The van der Waals surface area contributed by atoms with Gasteiger partial charge < -0.3 is 10.6 Å². The highest BCUT2D eigenvalue weighted by atomic mass is 35.5. The summed E-state index contributed by atoms with van der Waals surface area (Å²) >= 11 is 12.1. The minimum absolute atomic E-state index is 0.0599. The van der Waals surface area contributed by atoms with Crippen LogP contribution in [-0.2, 0) is 9.59 Å². The Morgan fingerprint density at radius 2 is 1.56 bits per heavy atom. The summed E-state index contributed by atoms with van der Waals surface area (Å²) in [6, 6.07) is 20.4. The molecule has 0 fully saturated rings. The van der Waals surface area contributed by atoms with Crippen molar-refractivity contribution < 1.29 is 14.4 Å². The summed E-state index contributed by atoms with van der Waals surface area (Å²) < 4.78 is 0. The molecule has 0 unspecified atom stereocenters. The van der Waals surface area contributed by atoms with Crippen molar-refractivity contribution in [3.8, 4) is 0 Å². The fourth-order valence-electron chi connectivity index (χ4n) is 3.19. The van der Waals surface area contributed by atoms with Crippen LogP contribution in [0.2, 0.25) is 5.02 Å². The highest BCUT2D eigenvalue weighted by Crippen LogP contribution is 2.31. The number of hydrogen-bond donors (Lipinski definition) is 2.